The molecule has 0 amide bonds. The van der Waals surface area contributed by atoms with Crippen molar-refractivity contribution in [2.45, 2.75) is 26.1 Å². The van der Waals surface area contributed by atoms with Crippen molar-refractivity contribution in [1.82, 2.24) is 0 Å². The maximum atomic E-state index is 8.87. The van der Waals surface area contributed by atoms with Crippen LogP contribution >= 0.6 is 0 Å². The third kappa shape index (κ3) is 4.39. The van der Waals surface area contributed by atoms with Crippen LogP contribution in [0.15, 0.2) is 0 Å². The van der Waals surface area contributed by atoms with Gasteiger partial charge in [-0.2, -0.15) is 0 Å². The maximum Gasteiger partial charge on any atom is 0.146 e. The predicted octanol–water partition coefficient (Wildman–Crippen LogP) is 0.376. The van der Waals surface area contributed by atoms with Gasteiger partial charge in [-0.15, -0.1) is 0 Å². The SMILES string of the molecule is COCO[C@@H](C)C(C)O. The topological polar surface area (TPSA) is 38.7 Å². The summed E-state index contributed by atoms with van der Waals surface area (Å²) in [6, 6.07) is 0. The summed E-state index contributed by atoms with van der Waals surface area (Å²) in [6.45, 7) is 3.72. The van der Waals surface area contributed by atoms with Crippen molar-refractivity contribution in [2.75, 3.05) is 13.9 Å². The Hall–Kier alpha value is -0.120. The molecule has 0 spiro atoms. The van der Waals surface area contributed by atoms with Gasteiger partial charge >= 0.3 is 0 Å². The van der Waals surface area contributed by atoms with Crippen LogP contribution in [0, 0.1) is 0 Å². The first kappa shape index (κ1) is 8.88. The van der Waals surface area contributed by atoms with Crippen molar-refractivity contribution in [2.24, 2.45) is 0 Å². The molecule has 0 aromatic carbocycles. The smallest absolute Gasteiger partial charge is 0.146 e. The van der Waals surface area contributed by atoms with E-state index in [1.807, 2.05) is 0 Å². The van der Waals surface area contributed by atoms with Gasteiger partial charge in [0.05, 0.1) is 12.2 Å². The first-order valence-electron chi connectivity index (χ1n) is 2.97. The number of methoxy groups -OCH3 is 1. The van der Waals surface area contributed by atoms with Crippen LogP contribution in [-0.2, 0) is 9.47 Å². The highest BCUT2D eigenvalue weighted by Crippen LogP contribution is 1.95. The van der Waals surface area contributed by atoms with Gasteiger partial charge < -0.3 is 14.6 Å². The van der Waals surface area contributed by atoms with E-state index >= 15 is 0 Å². The van der Waals surface area contributed by atoms with Crippen molar-refractivity contribution in [3.8, 4) is 0 Å². The van der Waals surface area contributed by atoms with Crippen LogP contribution in [0.25, 0.3) is 0 Å². The second-order valence-electron chi connectivity index (χ2n) is 2.02. The Morgan fingerprint density at radius 3 is 2.33 bits per heavy atom. The Morgan fingerprint density at radius 1 is 1.44 bits per heavy atom. The van der Waals surface area contributed by atoms with Gasteiger partial charge in [0.1, 0.15) is 6.79 Å². The molecule has 1 unspecified atom stereocenters. The highest BCUT2D eigenvalue weighted by atomic mass is 16.7. The third-order valence-electron chi connectivity index (χ3n) is 1.13. The van der Waals surface area contributed by atoms with Crippen LogP contribution in [0.3, 0.4) is 0 Å². The quantitative estimate of drug-likeness (QED) is 0.565. The zero-order chi connectivity index (χ0) is 7.28. The minimum atomic E-state index is -0.430. The minimum absolute atomic E-state index is 0.148. The molecule has 0 fully saturated rings. The Bertz CT molecular complexity index is 63.3. The van der Waals surface area contributed by atoms with Crippen molar-refractivity contribution in [3.05, 3.63) is 0 Å². The van der Waals surface area contributed by atoms with E-state index < -0.39 is 6.10 Å². The summed E-state index contributed by atoms with van der Waals surface area (Å²) >= 11 is 0. The number of ether oxygens (including phenoxy) is 2. The molecular formula is C6H14O3. The monoisotopic (exact) mass is 134 g/mol. The van der Waals surface area contributed by atoms with Gasteiger partial charge in [0.2, 0.25) is 0 Å². The van der Waals surface area contributed by atoms with Crippen LogP contribution in [-0.4, -0.2) is 31.2 Å². The van der Waals surface area contributed by atoms with E-state index in [0.717, 1.165) is 0 Å². The summed E-state index contributed by atoms with van der Waals surface area (Å²) < 4.78 is 9.61. The van der Waals surface area contributed by atoms with E-state index in [1.165, 1.54) is 0 Å². The first-order chi connectivity index (χ1) is 4.18. The number of aliphatic hydroxyl groups is 1. The average molecular weight is 134 g/mol. The zero-order valence-corrected chi connectivity index (χ0v) is 6.13. The highest BCUT2D eigenvalue weighted by molar-refractivity contribution is 4.54. The van der Waals surface area contributed by atoms with Crippen LogP contribution < -0.4 is 0 Å². The highest BCUT2D eigenvalue weighted by Gasteiger charge is 2.06. The van der Waals surface area contributed by atoms with E-state index in [4.69, 9.17) is 9.84 Å². The van der Waals surface area contributed by atoms with Gasteiger partial charge in [-0.3, -0.25) is 0 Å². The molecule has 0 radical (unpaired) electrons. The van der Waals surface area contributed by atoms with E-state index in [-0.39, 0.29) is 12.9 Å². The summed E-state index contributed by atoms with van der Waals surface area (Å²) in [5.41, 5.74) is 0. The molecule has 0 aromatic rings. The molecular weight excluding hydrogens is 120 g/mol. The number of rotatable bonds is 4. The summed E-state index contributed by atoms with van der Waals surface area (Å²) in [7, 11) is 1.55. The van der Waals surface area contributed by atoms with Gasteiger partial charge in [-0.05, 0) is 13.8 Å². The van der Waals surface area contributed by atoms with E-state index in [1.54, 1.807) is 21.0 Å². The minimum Gasteiger partial charge on any atom is -0.391 e. The summed E-state index contributed by atoms with van der Waals surface area (Å²) in [4.78, 5) is 0. The van der Waals surface area contributed by atoms with Gasteiger partial charge in [-0.1, -0.05) is 0 Å². The van der Waals surface area contributed by atoms with Crippen molar-refractivity contribution in [3.63, 3.8) is 0 Å². The normalized spacial score (nSPS) is 17.3. The Labute approximate surface area is 55.6 Å². The molecule has 2 atom stereocenters. The van der Waals surface area contributed by atoms with Crippen molar-refractivity contribution in [1.29, 1.82) is 0 Å². The number of aliphatic hydroxyl groups excluding tert-OH is 1. The molecule has 0 saturated heterocycles. The number of hydrogen-bond acceptors (Lipinski definition) is 3. The lowest BCUT2D eigenvalue weighted by molar-refractivity contribution is -0.100. The standard InChI is InChI=1S/C6H14O3/c1-5(7)6(2)9-4-8-3/h5-7H,4H2,1-3H3/t5?,6-/m0/s1. The lowest BCUT2D eigenvalue weighted by Gasteiger charge is -2.14. The van der Waals surface area contributed by atoms with Crippen molar-refractivity contribution < 1.29 is 14.6 Å². The molecule has 56 valence electrons. The second-order valence-corrected chi connectivity index (χ2v) is 2.02. The van der Waals surface area contributed by atoms with Crippen LogP contribution in [0.4, 0.5) is 0 Å². The molecule has 0 rings (SSSR count). The predicted molar refractivity (Wildman–Crippen MR) is 34.1 cm³/mol. The fraction of sp³-hybridized carbons (Fsp3) is 1.00. The summed E-state index contributed by atoms with van der Waals surface area (Å²) in [5, 5.41) is 8.87. The molecule has 0 aliphatic rings. The second kappa shape index (κ2) is 4.73. The molecule has 3 nitrogen and oxygen atoms in total. The van der Waals surface area contributed by atoms with Gasteiger partial charge in [0, 0.05) is 7.11 Å². The fourth-order valence-electron chi connectivity index (χ4n) is 0.315. The molecule has 0 saturated carbocycles. The van der Waals surface area contributed by atoms with Crippen LogP contribution in [0.1, 0.15) is 13.8 Å². The average Bonchev–Trinajstić information content (AvgIpc) is 1.82. The van der Waals surface area contributed by atoms with Crippen LogP contribution in [0.2, 0.25) is 0 Å². The summed E-state index contributed by atoms with van der Waals surface area (Å²) in [6.07, 6.45) is -0.579. The molecule has 1 N–H and O–H groups in total. The van der Waals surface area contributed by atoms with Gasteiger partial charge in [0.15, 0.2) is 0 Å². The van der Waals surface area contributed by atoms with E-state index in [2.05, 4.69) is 4.74 Å². The van der Waals surface area contributed by atoms with Crippen molar-refractivity contribution >= 4 is 0 Å². The first-order valence-corrected chi connectivity index (χ1v) is 2.97. The molecule has 0 aromatic heterocycles. The Balaban J connectivity index is 3.16. The number of hydrogen-bond donors (Lipinski definition) is 1. The Kier molecular flexibility index (Phi) is 4.67. The Morgan fingerprint density at radius 2 is 2.00 bits per heavy atom. The van der Waals surface area contributed by atoms with Gasteiger partial charge in [-0.25, -0.2) is 0 Å². The third-order valence-corrected chi connectivity index (χ3v) is 1.13. The summed E-state index contributed by atoms with van der Waals surface area (Å²) in [5.74, 6) is 0. The zero-order valence-electron chi connectivity index (χ0n) is 6.13. The maximum absolute atomic E-state index is 8.87. The molecule has 3 heteroatoms. The molecule has 0 aliphatic heterocycles. The van der Waals surface area contributed by atoms with E-state index in [9.17, 15) is 0 Å². The lowest BCUT2D eigenvalue weighted by atomic mass is 10.3. The van der Waals surface area contributed by atoms with E-state index in [0.29, 0.717) is 0 Å². The molecule has 0 heterocycles. The lowest BCUT2D eigenvalue weighted by Crippen LogP contribution is -2.23. The van der Waals surface area contributed by atoms with Crippen LogP contribution in [0.5, 0.6) is 0 Å². The van der Waals surface area contributed by atoms with Gasteiger partial charge in [0.25, 0.3) is 0 Å². The largest absolute Gasteiger partial charge is 0.391 e. The molecule has 9 heavy (non-hydrogen) atoms. The molecule has 0 aliphatic carbocycles. The molecule has 0 bridgehead atoms. The fourth-order valence-corrected chi connectivity index (χ4v) is 0.315.